The molecule has 1 heterocycles. The summed E-state index contributed by atoms with van der Waals surface area (Å²) in [6, 6.07) is -0.382. The second-order valence-electron chi connectivity index (χ2n) is 6.08. The third kappa shape index (κ3) is 4.29. The van der Waals surface area contributed by atoms with Crippen LogP contribution in [0.2, 0.25) is 0 Å². The molecule has 0 bridgehead atoms. The van der Waals surface area contributed by atoms with Crippen LogP contribution in [0.4, 0.5) is 4.79 Å². The minimum Gasteiger partial charge on any atom is -0.444 e. The second-order valence-corrected chi connectivity index (χ2v) is 6.08. The zero-order valence-electron chi connectivity index (χ0n) is 12.0. The number of hydrogen-bond acceptors (Lipinski definition) is 4. The van der Waals surface area contributed by atoms with E-state index >= 15 is 0 Å². The first-order valence-electron chi connectivity index (χ1n) is 6.40. The molecule has 7 heteroatoms. The summed E-state index contributed by atoms with van der Waals surface area (Å²) in [7, 11) is 0. The van der Waals surface area contributed by atoms with Crippen LogP contribution in [0.25, 0.3) is 10.4 Å². The van der Waals surface area contributed by atoms with E-state index in [1.807, 2.05) is 0 Å². The smallest absolute Gasteiger partial charge is 0.410 e. The Balaban J connectivity index is 2.78. The molecule has 19 heavy (non-hydrogen) atoms. The van der Waals surface area contributed by atoms with E-state index < -0.39 is 17.3 Å². The van der Waals surface area contributed by atoms with Crippen molar-refractivity contribution in [1.29, 1.82) is 0 Å². The van der Waals surface area contributed by atoms with E-state index in [0.717, 1.165) is 6.42 Å². The van der Waals surface area contributed by atoms with Gasteiger partial charge in [0.2, 0.25) is 0 Å². The Kier molecular flexibility index (Phi) is 4.66. The average Bonchev–Trinajstić information content (AvgIpc) is 2.73. The molecule has 1 saturated heterocycles. The minimum absolute atomic E-state index is 0.0620. The second kappa shape index (κ2) is 5.67. The van der Waals surface area contributed by atoms with Gasteiger partial charge in [-0.05, 0) is 46.1 Å². The molecule has 0 aliphatic carbocycles. The first-order valence-corrected chi connectivity index (χ1v) is 6.40. The van der Waals surface area contributed by atoms with Crippen LogP contribution in [0, 0.1) is 0 Å². The minimum atomic E-state index is -1.24. The summed E-state index contributed by atoms with van der Waals surface area (Å²) in [5, 5.41) is 13.8. The first-order chi connectivity index (χ1) is 8.67. The highest BCUT2D eigenvalue weighted by molar-refractivity contribution is 5.69. The number of nitrogens with zero attached hydrogens (tertiary/aromatic N) is 4. The van der Waals surface area contributed by atoms with Crippen molar-refractivity contribution < 1.29 is 14.6 Å². The number of likely N-dealkylation sites (tertiary alicyclic amines) is 1. The Morgan fingerprint density at radius 3 is 2.68 bits per heavy atom. The van der Waals surface area contributed by atoms with Crippen LogP contribution in [-0.2, 0) is 4.74 Å². The molecule has 0 aromatic carbocycles. The number of aliphatic hydroxyl groups is 1. The highest BCUT2D eigenvalue weighted by atomic mass is 16.6. The Morgan fingerprint density at radius 2 is 2.16 bits per heavy atom. The maximum atomic E-state index is 12.1. The molecule has 0 saturated carbocycles. The fraction of sp³-hybridized carbons (Fsp3) is 0.917. The van der Waals surface area contributed by atoms with Gasteiger partial charge in [-0.25, -0.2) is 4.79 Å². The van der Waals surface area contributed by atoms with Gasteiger partial charge in [0.25, 0.3) is 0 Å². The first kappa shape index (κ1) is 15.6. The molecule has 0 unspecified atom stereocenters. The van der Waals surface area contributed by atoms with Crippen LogP contribution in [0.15, 0.2) is 5.11 Å². The van der Waals surface area contributed by atoms with Gasteiger partial charge in [-0.15, -0.1) is 0 Å². The van der Waals surface area contributed by atoms with E-state index in [2.05, 4.69) is 10.0 Å². The monoisotopic (exact) mass is 270 g/mol. The summed E-state index contributed by atoms with van der Waals surface area (Å²) in [4.78, 5) is 16.3. The highest BCUT2D eigenvalue weighted by Crippen LogP contribution is 2.29. The molecule has 7 nitrogen and oxygen atoms in total. The zero-order chi connectivity index (χ0) is 14.7. The highest BCUT2D eigenvalue weighted by Gasteiger charge is 2.42. The van der Waals surface area contributed by atoms with Crippen LogP contribution in [0.1, 0.15) is 40.5 Å². The summed E-state index contributed by atoms with van der Waals surface area (Å²) in [6.07, 6.45) is 1.04. The van der Waals surface area contributed by atoms with Crippen LogP contribution >= 0.6 is 0 Å². The van der Waals surface area contributed by atoms with Crippen LogP contribution in [-0.4, -0.2) is 46.4 Å². The Bertz CT molecular complexity index is 383. The lowest BCUT2D eigenvalue weighted by molar-refractivity contribution is -0.0286. The number of carbonyl (C=O) groups excluding carboxylic acids is 1. The molecule has 0 aromatic rings. The predicted molar refractivity (Wildman–Crippen MR) is 70.6 cm³/mol. The lowest BCUT2D eigenvalue weighted by Gasteiger charge is -2.36. The van der Waals surface area contributed by atoms with E-state index in [1.165, 1.54) is 4.90 Å². The standard InChI is InChI=1S/C12H22N4O3/c1-11(2,3)19-10(17)16-7-5-6-9(16)12(4,18)8-14-15-13/h9,18H,5-8H2,1-4H3/t9-,12+/m0/s1. The summed E-state index contributed by atoms with van der Waals surface area (Å²) < 4.78 is 5.32. The normalized spacial score (nSPS) is 22.6. The van der Waals surface area contributed by atoms with Gasteiger partial charge in [0.1, 0.15) is 5.60 Å². The summed E-state index contributed by atoms with van der Waals surface area (Å²) in [5.41, 5.74) is 6.54. The molecule has 0 radical (unpaired) electrons. The van der Waals surface area contributed by atoms with Crippen molar-refractivity contribution in [3.63, 3.8) is 0 Å². The Hall–Kier alpha value is -1.46. The van der Waals surface area contributed by atoms with Crippen molar-refractivity contribution in [3.05, 3.63) is 10.4 Å². The number of carbonyl (C=O) groups is 1. The largest absolute Gasteiger partial charge is 0.444 e. The quantitative estimate of drug-likeness (QED) is 0.484. The molecule has 0 aromatic heterocycles. The van der Waals surface area contributed by atoms with Gasteiger partial charge in [0.15, 0.2) is 0 Å². The van der Waals surface area contributed by atoms with Crippen molar-refractivity contribution in [3.8, 4) is 0 Å². The van der Waals surface area contributed by atoms with Gasteiger partial charge in [0.05, 0.1) is 18.2 Å². The number of hydrogen-bond donors (Lipinski definition) is 1. The van der Waals surface area contributed by atoms with Gasteiger partial charge in [-0.2, -0.15) is 0 Å². The molecule has 1 N–H and O–H groups in total. The van der Waals surface area contributed by atoms with E-state index in [-0.39, 0.29) is 12.6 Å². The lowest BCUT2D eigenvalue weighted by atomic mass is 9.94. The molecule has 1 rings (SSSR count). The summed E-state index contributed by atoms with van der Waals surface area (Å²) in [5.74, 6) is 0. The molecule has 2 atom stereocenters. The topological polar surface area (TPSA) is 98.5 Å². The molecular formula is C12H22N4O3. The van der Waals surface area contributed by atoms with Crippen LogP contribution in [0.5, 0.6) is 0 Å². The maximum Gasteiger partial charge on any atom is 0.410 e. The van der Waals surface area contributed by atoms with Crippen LogP contribution in [0.3, 0.4) is 0 Å². The molecule has 108 valence electrons. The Labute approximate surface area is 113 Å². The SMILES string of the molecule is CC(C)(C)OC(=O)N1CCC[C@H]1[C@](C)(O)CN=[N+]=[N-]. The van der Waals surface area contributed by atoms with Gasteiger partial charge in [0, 0.05) is 11.5 Å². The van der Waals surface area contributed by atoms with E-state index in [0.29, 0.717) is 13.0 Å². The summed E-state index contributed by atoms with van der Waals surface area (Å²) >= 11 is 0. The third-order valence-corrected chi connectivity index (χ3v) is 3.05. The predicted octanol–water partition coefficient (Wildman–Crippen LogP) is 2.45. The zero-order valence-corrected chi connectivity index (χ0v) is 12.0. The van der Waals surface area contributed by atoms with Crippen molar-refractivity contribution in [2.75, 3.05) is 13.1 Å². The molecule has 1 aliphatic heterocycles. The average molecular weight is 270 g/mol. The summed E-state index contributed by atoms with van der Waals surface area (Å²) in [6.45, 7) is 7.46. The van der Waals surface area contributed by atoms with E-state index in [1.54, 1.807) is 27.7 Å². The van der Waals surface area contributed by atoms with E-state index in [4.69, 9.17) is 10.3 Å². The number of amides is 1. The Morgan fingerprint density at radius 1 is 1.53 bits per heavy atom. The van der Waals surface area contributed by atoms with Crippen molar-refractivity contribution >= 4 is 6.09 Å². The number of azide groups is 1. The molecular weight excluding hydrogens is 248 g/mol. The number of rotatable bonds is 3. The lowest BCUT2D eigenvalue weighted by Crippen LogP contribution is -2.52. The molecule has 1 aliphatic rings. The van der Waals surface area contributed by atoms with Gasteiger partial charge < -0.3 is 14.7 Å². The fourth-order valence-corrected chi connectivity index (χ4v) is 2.23. The van der Waals surface area contributed by atoms with Crippen molar-refractivity contribution in [1.82, 2.24) is 4.90 Å². The molecule has 1 fully saturated rings. The number of ether oxygens (including phenoxy) is 1. The third-order valence-electron chi connectivity index (χ3n) is 3.05. The van der Waals surface area contributed by atoms with E-state index in [9.17, 15) is 9.90 Å². The maximum absolute atomic E-state index is 12.1. The molecule has 0 spiro atoms. The van der Waals surface area contributed by atoms with Crippen molar-refractivity contribution in [2.24, 2.45) is 5.11 Å². The van der Waals surface area contributed by atoms with Crippen LogP contribution < -0.4 is 0 Å². The van der Waals surface area contributed by atoms with Crippen molar-refractivity contribution in [2.45, 2.75) is 57.8 Å². The van der Waals surface area contributed by atoms with Gasteiger partial charge in [-0.1, -0.05) is 5.11 Å². The fourth-order valence-electron chi connectivity index (χ4n) is 2.23. The van der Waals surface area contributed by atoms with Gasteiger partial charge >= 0.3 is 6.09 Å². The van der Waals surface area contributed by atoms with Gasteiger partial charge in [-0.3, -0.25) is 0 Å². The molecule has 1 amide bonds.